The molecule has 0 bridgehead atoms. The standard InChI is InChI=1S/C26H41N3O6S/c1-9-11-29(24(32)20(10-12-36-8)28-25(33)35-26(4,5)6)22(23(31)27-16-21(30)34-7)19-14-17(2)13-18(3)15-19/h13-15,20,22H,9-12,16H2,1-8H3,(H,27,31)(H,28,33). The molecule has 0 aliphatic rings. The maximum absolute atomic E-state index is 13.9. The maximum atomic E-state index is 13.9. The molecule has 1 aromatic rings. The predicted molar refractivity (Wildman–Crippen MR) is 142 cm³/mol. The summed E-state index contributed by atoms with van der Waals surface area (Å²) in [5.41, 5.74) is 1.77. The number of carbonyl (C=O) groups excluding carboxylic acids is 4. The number of benzene rings is 1. The second-order valence-corrected chi connectivity index (χ2v) is 10.6. The van der Waals surface area contributed by atoms with Crippen molar-refractivity contribution in [2.75, 3.05) is 32.2 Å². The molecule has 3 amide bonds. The first-order valence-corrected chi connectivity index (χ1v) is 13.4. The third-order valence-corrected chi connectivity index (χ3v) is 5.75. The molecule has 202 valence electrons. The number of nitrogens with zero attached hydrogens (tertiary/aromatic N) is 1. The van der Waals surface area contributed by atoms with Crippen LogP contribution in [0.3, 0.4) is 0 Å². The van der Waals surface area contributed by atoms with E-state index in [1.807, 2.05) is 45.2 Å². The van der Waals surface area contributed by atoms with Crippen LogP contribution in [0.2, 0.25) is 0 Å². The van der Waals surface area contributed by atoms with E-state index in [1.165, 1.54) is 12.0 Å². The van der Waals surface area contributed by atoms with Crippen LogP contribution >= 0.6 is 11.8 Å². The van der Waals surface area contributed by atoms with Crippen molar-refractivity contribution in [3.63, 3.8) is 0 Å². The number of esters is 1. The molecule has 0 heterocycles. The number of rotatable bonds is 12. The smallest absolute Gasteiger partial charge is 0.408 e. The molecule has 0 radical (unpaired) electrons. The van der Waals surface area contributed by atoms with Gasteiger partial charge in [0.15, 0.2) is 0 Å². The highest BCUT2D eigenvalue weighted by Crippen LogP contribution is 2.26. The van der Waals surface area contributed by atoms with Crippen LogP contribution in [0.25, 0.3) is 0 Å². The summed E-state index contributed by atoms with van der Waals surface area (Å²) in [5, 5.41) is 5.30. The van der Waals surface area contributed by atoms with Gasteiger partial charge in [0.1, 0.15) is 24.2 Å². The second-order valence-electron chi connectivity index (χ2n) is 9.63. The first kappa shape index (κ1) is 31.3. The number of alkyl carbamates (subject to hydrolysis) is 1. The average Bonchev–Trinajstić information content (AvgIpc) is 2.77. The molecule has 1 aromatic carbocycles. The Balaban J connectivity index is 3.45. The molecule has 2 unspecified atom stereocenters. The van der Waals surface area contributed by atoms with Crippen molar-refractivity contribution in [3.8, 4) is 0 Å². The Bertz CT molecular complexity index is 895. The van der Waals surface area contributed by atoms with Crippen molar-refractivity contribution in [2.24, 2.45) is 0 Å². The van der Waals surface area contributed by atoms with Gasteiger partial charge >= 0.3 is 12.1 Å². The number of aryl methyl sites for hydroxylation is 2. The van der Waals surface area contributed by atoms with Gasteiger partial charge in [-0.2, -0.15) is 11.8 Å². The molecule has 2 atom stereocenters. The van der Waals surface area contributed by atoms with E-state index in [0.29, 0.717) is 24.2 Å². The molecule has 36 heavy (non-hydrogen) atoms. The molecule has 0 spiro atoms. The van der Waals surface area contributed by atoms with Crippen molar-refractivity contribution in [1.82, 2.24) is 15.5 Å². The number of nitrogens with one attached hydrogen (secondary N) is 2. The molecule has 1 rings (SSSR count). The van der Waals surface area contributed by atoms with Crippen LogP contribution < -0.4 is 10.6 Å². The third-order valence-electron chi connectivity index (χ3n) is 5.10. The quantitative estimate of drug-likeness (QED) is 0.403. The minimum Gasteiger partial charge on any atom is -0.468 e. The van der Waals surface area contributed by atoms with Crippen molar-refractivity contribution in [3.05, 3.63) is 34.9 Å². The first-order chi connectivity index (χ1) is 16.8. The van der Waals surface area contributed by atoms with E-state index in [4.69, 9.17) is 4.74 Å². The predicted octanol–water partition coefficient (Wildman–Crippen LogP) is 3.52. The van der Waals surface area contributed by atoms with Gasteiger partial charge in [-0.25, -0.2) is 4.79 Å². The summed E-state index contributed by atoms with van der Waals surface area (Å²) < 4.78 is 10.0. The van der Waals surface area contributed by atoms with Gasteiger partial charge in [-0.15, -0.1) is 0 Å². The van der Waals surface area contributed by atoms with Gasteiger partial charge in [-0.1, -0.05) is 36.2 Å². The zero-order valence-electron chi connectivity index (χ0n) is 22.7. The van der Waals surface area contributed by atoms with E-state index in [1.54, 1.807) is 32.5 Å². The topological polar surface area (TPSA) is 114 Å². The Labute approximate surface area is 219 Å². The lowest BCUT2D eigenvalue weighted by molar-refractivity contribution is -0.144. The number of thioether (sulfide) groups is 1. The molecule has 0 aliphatic heterocycles. The fraction of sp³-hybridized carbons (Fsp3) is 0.615. The Morgan fingerprint density at radius 3 is 2.19 bits per heavy atom. The zero-order valence-corrected chi connectivity index (χ0v) is 23.5. The van der Waals surface area contributed by atoms with Crippen LogP contribution in [0.5, 0.6) is 0 Å². The van der Waals surface area contributed by atoms with Crippen LogP contribution in [0, 0.1) is 13.8 Å². The van der Waals surface area contributed by atoms with Gasteiger partial charge in [0, 0.05) is 6.54 Å². The van der Waals surface area contributed by atoms with Crippen molar-refractivity contribution in [2.45, 2.75) is 72.1 Å². The van der Waals surface area contributed by atoms with Gasteiger partial charge in [0.25, 0.3) is 0 Å². The molecule has 0 saturated heterocycles. The average molecular weight is 524 g/mol. The molecule has 9 nitrogen and oxygen atoms in total. The summed E-state index contributed by atoms with van der Waals surface area (Å²) in [5.74, 6) is -0.878. The fourth-order valence-corrected chi connectivity index (χ4v) is 4.19. The Morgan fingerprint density at radius 1 is 1.08 bits per heavy atom. The largest absolute Gasteiger partial charge is 0.468 e. The minimum atomic E-state index is -1.00. The molecular weight excluding hydrogens is 482 g/mol. The highest BCUT2D eigenvalue weighted by Gasteiger charge is 2.36. The third kappa shape index (κ3) is 10.5. The first-order valence-electron chi connectivity index (χ1n) is 12.0. The summed E-state index contributed by atoms with van der Waals surface area (Å²) >= 11 is 1.55. The van der Waals surface area contributed by atoms with Crippen LogP contribution in [-0.4, -0.2) is 72.6 Å². The van der Waals surface area contributed by atoms with E-state index < -0.39 is 41.6 Å². The summed E-state index contributed by atoms with van der Waals surface area (Å²) in [6.45, 7) is 10.9. The Morgan fingerprint density at radius 2 is 1.69 bits per heavy atom. The van der Waals surface area contributed by atoms with Crippen LogP contribution in [-0.2, 0) is 23.9 Å². The van der Waals surface area contributed by atoms with Crippen LogP contribution in [0.1, 0.15) is 63.3 Å². The maximum Gasteiger partial charge on any atom is 0.408 e. The van der Waals surface area contributed by atoms with Crippen LogP contribution in [0.15, 0.2) is 18.2 Å². The van der Waals surface area contributed by atoms with Crippen LogP contribution in [0.4, 0.5) is 4.79 Å². The summed E-state index contributed by atoms with van der Waals surface area (Å²) in [6.07, 6.45) is 2.16. The van der Waals surface area contributed by atoms with E-state index in [0.717, 1.165) is 11.1 Å². The van der Waals surface area contributed by atoms with Gasteiger partial charge in [0.05, 0.1) is 7.11 Å². The zero-order chi connectivity index (χ0) is 27.5. The SMILES string of the molecule is CCCN(C(=O)C(CCSC)NC(=O)OC(C)(C)C)C(C(=O)NCC(=O)OC)c1cc(C)cc(C)c1. The van der Waals surface area contributed by atoms with Gasteiger partial charge in [-0.3, -0.25) is 14.4 Å². The lowest BCUT2D eigenvalue weighted by Gasteiger charge is -2.34. The van der Waals surface area contributed by atoms with Crippen molar-refractivity contribution in [1.29, 1.82) is 0 Å². The molecule has 0 aliphatic carbocycles. The van der Waals surface area contributed by atoms with Gasteiger partial charge < -0.3 is 25.0 Å². The number of carbonyl (C=O) groups is 4. The second kappa shape index (κ2) is 14.7. The van der Waals surface area contributed by atoms with E-state index in [-0.39, 0.29) is 13.1 Å². The fourth-order valence-electron chi connectivity index (χ4n) is 3.72. The number of methoxy groups -OCH3 is 1. The van der Waals surface area contributed by atoms with Gasteiger partial charge in [0.2, 0.25) is 11.8 Å². The normalized spacial score (nSPS) is 12.8. The number of hydrogen-bond acceptors (Lipinski definition) is 7. The molecule has 2 N–H and O–H groups in total. The minimum absolute atomic E-state index is 0.272. The monoisotopic (exact) mass is 523 g/mol. The highest BCUT2D eigenvalue weighted by atomic mass is 32.2. The Hall–Kier alpha value is -2.75. The van der Waals surface area contributed by atoms with Crippen molar-refractivity contribution >= 4 is 35.6 Å². The lowest BCUT2D eigenvalue weighted by atomic mass is 9.98. The highest BCUT2D eigenvalue weighted by molar-refractivity contribution is 7.98. The lowest BCUT2D eigenvalue weighted by Crippen LogP contribution is -2.53. The molecule has 0 saturated carbocycles. The molecule has 0 fully saturated rings. The summed E-state index contributed by atoms with van der Waals surface area (Å²) in [7, 11) is 1.24. The Kier molecular flexibility index (Phi) is 12.8. The number of hydrogen-bond donors (Lipinski definition) is 2. The van der Waals surface area contributed by atoms with Gasteiger partial charge in [-0.05, 0) is 65.0 Å². The summed E-state index contributed by atoms with van der Waals surface area (Å²) in [6, 6.07) is 3.79. The number of ether oxygens (including phenoxy) is 2. The van der Waals surface area contributed by atoms with E-state index in [9.17, 15) is 19.2 Å². The molecule has 0 aromatic heterocycles. The molecular formula is C26H41N3O6S. The number of amides is 3. The van der Waals surface area contributed by atoms with Crippen molar-refractivity contribution < 1.29 is 28.7 Å². The molecule has 10 heteroatoms. The summed E-state index contributed by atoms with van der Waals surface area (Å²) in [4.78, 5) is 53.0. The van der Waals surface area contributed by atoms with E-state index in [2.05, 4.69) is 15.4 Å². The van der Waals surface area contributed by atoms with E-state index >= 15 is 0 Å².